The van der Waals surface area contributed by atoms with Crippen LogP contribution >= 0.6 is 24.0 Å². The summed E-state index contributed by atoms with van der Waals surface area (Å²) in [4.78, 5) is 14.8. The number of hydrogen-bond acceptors (Lipinski definition) is 4. The molecule has 2 aliphatic heterocycles. The highest BCUT2D eigenvalue weighted by Gasteiger charge is 2.18. The quantitative estimate of drug-likeness (QED) is 0.302. The van der Waals surface area contributed by atoms with E-state index in [4.69, 9.17) is 9.47 Å². The van der Waals surface area contributed by atoms with Crippen LogP contribution in [0.25, 0.3) is 0 Å². The number of rotatable bonds is 5. The molecule has 186 valence electrons. The second-order valence-corrected chi connectivity index (χ2v) is 8.62. The third-order valence-corrected chi connectivity index (χ3v) is 6.46. The molecule has 0 radical (unpaired) electrons. The molecule has 0 fully saturated rings. The van der Waals surface area contributed by atoms with Gasteiger partial charge in [0.15, 0.2) is 11.5 Å². The monoisotopic (exact) mass is 590 g/mol. The summed E-state index contributed by atoms with van der Waals surface area (Å²) in [5, 5.41) is 0. The van der Waals surface area contributed by atoms with E-state index >= 15 is 0 Å². The Morgan fingerprint density at radius 1 is 0.829 bits per heavy atom. The summed E-state index contributed by atoms with van der Waals surface area (Å²) in [5.74, 6) is 1.37. The number of ether oxygens (including phenoxy) is 2. The van der Waals surface area contributed by atoms with Crippen LogP contribution in [0.2, 0.25) is 0 Å². The van der Waals surface area contributed by atoms with E-state index in [0.717, 1.165) is 55.8 Å². The molecule has 0 N–H and O–H groups in total. The average molecular weight is 590 g/mol. The summed E-state index contributed by atoms with van der Waals surface area (Å²) in [5.41, 5.74) is 5.96. The lowest BCUT2D eigenvalue weighted by Gasteiger charge is -2.28. The smallest absolute Gasteiger partial charge is 0.210 e. The molecule has 5 nitrogen and oxygen atoms in total. The molecule has 0 unspecified atom stereocenters. The minimum atomic E-state index is -0.101. The Bertz CT molecular complexity index is 1140. The van der Waals surface area contributed by atoms with Crippen molar-refractivity contribution in [3.63, 3.8) is 0 Å². The zero-order valence-corrected chi connectivity index (χ0v) is 22.5. The Balaban J connectivity index is 0.000000192. The minimum absolute atomic E-state index is 0. The molecule has 0 spiro atoms. The van der Waals surface area contributed by atoms with Crippen LogP contribution in [0.15, 0.2) is 60.7 Å². The molecule has 3 aromatic carbocycles. The number of nitrogens with zero attached hydrogens (tertiary/aromatic N) is 2. The van der Waals surface area contributed by atoms with Gasteiger partial charge < -0.3 is 14.4 Å². The van der Waals surface area contributed by atoms with E-state index in [0.29, 0.717) is 18.8 Å². The third-order valence-electron chi connectivity index (χ3n) is 6.46. The maximum atomic E-state index is 13.6. The SMILES string of the molecule is COc1cc2c(cc1OC)CN(C=O)CC2.Fc1ccccc1CN1CCc2ccccc2C1.I. The van der Waals surface area contributed by atoms with Crippen molar-refractivity contribution in [1.29, 1.82) is 0 Å². The highest BCUT2D eigenvalue weighted by molar-refractivity contribution is 14.0. The molecule has 0 aliphatic carbocycles. The lowest BCUT2D eigenvalue weighted by atomic mass is 9.99. The zero-order valence-electron chi connectivity index (χ0n) is 20.2. The lowest BCUT2D eigenvalue weighted by Crippen LogP contribution is -2.30. The molecule has 0 aromatic heterocycles. The predicted molar refractivity (Wildman–Crippen MR) is 146 cm³/mol. The van der Waals surface area contributed by atoms with E-state index in [9.17, 15) is 9.18 Å². The molecule has 2 heterocycles. The van der Waals surface area contributed by atoms with E-state index in [1.807, 2.05) is 24.3 Å². The van der Waals surface area contributed by atoms with Gasteiger partial charge in [0.2, 0.25) is 6.41 Å². The van der Waals surface area contributed by atoms with E-state index in [2.05, 4.69) is 29.2 Å². The standard InChI is InChI=1S/C16H16FN.C12H15NO3.HI/c17-16-8-4-3-7-15(16)12-18-10-9-13-5-1-2-6-14(13)11-18;1-15-11-5-9-3-4-13(8-14)7-10(9)6-12(11)16-2;/h1-8H,9-12H2;5-6,8H,3-4,7H2,1-2H3;1H. The predicted octanol–water partition coefficient (Wildman–Crippen LogP) is 5.22. The fraction of sp³-hybridized carbons (Fsp3) is 0.321. The Morgan fingerprint density at radius 3 is 2.14 bits per heavy atom. The van der Waals surface area contributed by atoms with Crippen molar-refractivity contribution in [2.75, 3.05) is 27.3 Å². The summed E-state index contributed by atoms with van der Waals surface area (Å²) in [6.07, 6.45) is 2.82. The molecule has 0 bridgehead atoms. The molecule has 0 saturated carbocycles. The van der Waals surface area contributed by atoms with Crippen LogP contribution in [0.1, 0.15) is 27.8 Å². The molecule has 3 aromatic rings. The molecular weight excluding hydrogens is 558 g/mol. The van der Waals surface area contributed by atoms with Gasteiger partial charge in [-0.25, -0.2) is 4.39 Å². The van der Waals surface area contributed by atoms with Crippen LogP contribution in [0.5, 0.6) is 11.5 Å². The van der Waals surface area contributed by atoms with Gasteiger partial charge >= 0.3 is 0 Å². The summed E-state index contributed by atoms with van der Waals surface area (Å²) >= 11 is 0. The highest BCUT2D eigenvalue weighted by Crippen LogP contribution is 2.32. The first-order valence-corrected chi connectivity index (χ1v) is 11.6. The van der Waals surface area contributed by atoms with Crippen LogP contribution in [0.4, 0.5) is 4.39 Å². The lowest BCUT2D eigenvalue weighted by molar-refractivity contribution is -0.118. The number of amides is 1. The Labute approximate surface area is 223 Å². The second kappa shape index (κ2) is 12.9. The molecule has 7 heteroatoms. The normalized spacial score (nSPS) is 14.4. The summed E-state index contributed by atoms with van der Waals surface area (Å²) in [6, 6.07) is 19.5. The van der Waals surface area contributed by atoms with Crippen LogP contribution in [-0.4, -0.2) is 43.5 Å². The first kappa shape index (κ1) is 26.9. The van der Waals surface area contributed by atoms with Gasteiger partial charge in [0.05, 0.1) is 14.2 Å². The zero-order chi connectivity index (χ0) is 23.9. The number of carbonyl (C=O) groups is 1. The number of methoxy groups -OCH3 is 2. The topological polar surface area (TPSA) is 42.0 Å². The molecule has 35 heavy (non-hydrogen) atoms. The number of halogens is 2. The molecule has 2 aliphatic rings. The van der Waals surface area contributed by atoms with Gasteiger partial charge in [0, 0.05) is 38.3 Å². The summed E-state index contributed by atoms with van der Waals surface area (Å²) in [7, 11) is 3.25. The first-order chi connectivity index (χ1) is 16.6. The van der Waals surface area contributed by atoms with Crippen molar-refractivity contribution in [2.24, 2.45) is 0 Å². The Hall–Kier alpha value is -2.65. The number of benzene rings is 3. The molecular formula is C28H32FIN2O3. The van der Waals surface area contributed by atoms with E-state index in [1.54, 1.807) is 25.2 Å². The van der Waals surface area contributed by atoms with Crippen molar-refractivity contribution >= 4 is 30.4 Å². The van der Waals surface area contributed by atoms with E-state index in [1.165, 1.54) is 22.8 Å². The molecule has 5 rings (SSSR count). The summed E-state index contributed by atoms with van der Waals surface area (Å²) in [6.45, 7) is 4.04. The fourth-order valence-electron chi connectivity index (χ4n) is 4.55. The van der Waals surface area contributed by atoms with Crippen LogP contribution in [0.3, 0.4) is 0 Å². The molecule has 1 amide bonds. The Kier molecular flexibility index (Phi) is 9.92. The maximum Gasteiger partial charge on any atom is 0.210 e. The van der Waals surface area contributed by atoms with Gasteiger partial charge in [-0.1, -0.05) is 42.5 Å². The third kappa shape index (κ3) is 6.73. The number of carbonyl (C=O) groups excluding carboxylic acids is 1. The average Bonchev–Trinajstić information content (AvgIpc) is 2.89. The van der Waals surface area contributed by atoms with Gasteiger partial charge in [-0.05, 0) is 53.3 Å². The summed E-state index contributed by atoms with van der Waals surface area (Å²) < 4.78 is 24.1. The molecule has 0 atom stereocenters. The van der Waals surface area contributed by atoms with Crippen molar-refractivity contribution in [2.45, 2.75) is 32.5 Å². The van der Waals surface area contributed by atoms with Gasteiger partial charge in [-0.3, -0.25) is 9.69 Å². The van der Waals surface area contributed by atoms with Crippen LogP contribution in [-0.2, 0) is 37.3 Å². The number of fused-ring (bicyclic) bond motifs is 2. The molecule has 0 saturated heterocycles. The maximum absolute atomic E-state index is 13.6. The minimum Gasteiger partial charge on any atom is -0.493 e. The van der Waals surface area contributed by atoms with E-state index < -0.39 is 0 Å². The first-order valence-electron chi connectivity index (χ1n) is 11.6. The van der Waals surface area contributed by atoms with Crippen molar-refractivity contribution in [3.05, 3.63) is 94.3 Å². The van der Waals surface area contributed by atoms with Crippen molar-refractivity contribution in [1.82, 2.24) is 9.80 Å². The largest absolute Gasteiger partial charge is 0.493 e. The fourth-order valence-corrected chi connectivity index (χ4v) is 4.55. The Morgan fingerprint density at radius 2 is 1.46 bits per heavy atom. The number of hydrogen-bond donors (Lipinski definition) is 0. The van der Waals surface area contributed by atoms with Gasteiger partial charge in [-0.15, -0.1) is 24.0 Å². The van der Waals surface area contributed by atoms with Crippen LogP contribution in [0, 0.1) is 5.82 Å². The van der Waals surface area contributed by atoms with Crippen LogP contribution < -0.4 is 9.47 Å². The highest BCUT2D eigenvalue weighted by atomic mass is 127. The van der Waals surface area contributed by atoms with Gasteiger partial charge in [0.25, 0.3) is 0 Å². The van der Waals surface area contributed by atoms with Crippen molar-refractivity contribution in [3.8, 4) is 11.5 Å². The van der Waals surface area contributed by atoms with Crippen molar-refractivity contribution < 1.29 is 18.7 Å². The van der Waals surface area contributed by atoms with Gasteiger partial charge in [-0.2, -0.15) is 0 Å². The van der Waals surface area contributed by atoms with Gasteiger partial charge in [0.1, 0.15) is 5.82 Å². The van der Waals surface area contributed by atoms with E-state index in [-0.39, 0.29) is 29.8 Å². The second-order valence-electron chi connectivity index (χ2n) is 8.62.